The lowest BCUT2D eigenvalue weighted by Gasteiger charge is -2.20. The quantitative estimate of drug-likeness (QED) is 0.722. The van der Waals surface area contributed by atoms with Crippen molar-refractivity contribution >= 4 is 11.9 Å². The summed E-state index contributed by atoms with van der Waals surface area (Å²) in [5.74, 6) is -2.30. The lowest BCUT2D eigenvalue weighted by Crippen LogP contribution is -2.36. The van der Waals surface area contributed by atoms with Gasteiger partial charge in [-0.05, 0) is 29.2 Å². The third-order valence-electron chi connectivity index (χ3n) is 4.16. The first-order valence-electron chi connectivity index (χ1n) is 8.24. The summed E-state index contributed by atoms with van der Waals surface area (Å²) >= 11 is 0. The monoisotopic (exact) mass is 341 g/mol. The second kappa shape index (κ2) is 8.44. The smallest absolute Gasteiger partial charge is 0.311 e. The van der Waals surface area contributed by atoms with Crippen LogP contribution >= 0.6 is 0 Å². The van der Waals surface area contributed by atoms with Gasteiger partial charge in [0.15, 0.2) is 0 Å². The fourth-order valence-corrected chi connectivity index (χ4v) is 2.54. The molecule has 0 unspecified atom stereocenters. The molecule has 0 saturated carbocycles. The van der Waals surface area contributed by atoms with Crippen LogP contribution in [0.5, 0.6) is 0 Å². The normalized spacial score (nSPS) is 13.3. The average molecular weight is 341 g/mol. The molecule has 2 aromatic rings. The van der Waals surface area contributed by atoms with Gasteiger partial charge in [0.1, 0.15) is 5.92 Å². The number of nitrogens with one attached hydrogen (secondary N) is 1. The number of carboxylic acid groups (broad SMARTS) is 1. The topological polar surface area (TPSA) is 86.6 Å². The SMILES string of the molecule is CC(C)c1ccc([C@@H](O)[C@@H](CNC(=O)c2ccccc2)C(=O)O)cc1. The van der Waals surface area contributed by atoms with Crippen LogP contribution in [-0.2, 0) is 4.79 Å². The first kappa shape index (κ1) is 18.7. The number of hydrogen-bond donors (Lipinski definition) is 3. The van der Waals surface area contributed by atoms with E-state index in [0.29, 0.717) is 17.0 Å². The Labute approximate surface area is 147 Å². The molecule has 0 aliphatic heterocycles. The molecule has 2 aromatic carbocycles. The summed E-state index contributed by atoms with van der Waals surface area (Å²) < 4.78 is 0. The van der Waals surface area contributed by atoms with E-state index in [1.807, 2.05) is 12.1 Å². The molecule has 0 radical (unpaired) electrons. The van der Waals surface area contributed by atoms with E-state index >= 15 is 0 Å². The number of hydrogen-bond acceptors (Lipinski definition) is 3. The Hall–Kier alpha value is -2.66. The fourth-order valence-electron chi connectivity index (χ4n) is 2.54. The molecule has 132 valence electrons. The second-order valence-electron chi connectivity index (χ2n) is 6.29. The van der Waals surface area contributed by atoms with E-state index in [4.69, 9.17) is 0 Å². The number of aliphatic hydroxyl groups excluding tert-OH is 1. The van der Waals surface area contributed by atoms with Gasteiger partial charge in [-0.25, -0.2) is 0 Å². The van der Waals surface area contributed by atoms with Crippen LogP contribution in [0.15, 0.2) is 54.6 Å². The molecule has 5 nitrogen and oxygen atoms in total. The molecule has 0 aromatic heterocycles. The highest BCUT2D eigenvalue weighted by Gasteiger charge is 2.28. The molecule has 0 fully saturated rings. The van der Waals surface area contributed by atoms with Crippen molar-refractivity contribution in [3.8, 4) is 0 Å². The fraction of sp³-hybridized carbons (Fsp3) is 0.300. The summed E-state index contributed by atoms with van der Waals surface area (Å²) in [5, 5.41) is 22.4. The van der Waals surface area contributed by atoms with Crippen LogP contribution in [0.1, 0.15) is 47.4 Å². The highest BCUT2D eigenvalue weighted by Crippen LogP contribution is 2.24. The third-order valence-corrected chi connectivity index (χ3v) is 4.16. The number of benzene rings is 2. The zero-order valence-electron chi connectivity index (χ0n) is 14.3. The van der Waals surface area contributed by atoms with Crippen molar-refractivity contribution in [3.05, 3.63) is 71.3 Å². The standard InChI is InChI=1S/C20H23NO4/c1-13(2)14-8-10-15(11-9-14)18(22)17(20(24)25)12-21-19(23)16-6-4-3-5-7-16/h3-11,13,17-18,22H,12H2,1-2H3,(H,21,23)(H,24,25)/t17-,18-/m1/s1. The van der Waals surface area contributed by atoms with Gasteiger partial charge in [-0.2, -0.15) is 0 Å². The Balaban J connectivity index is 2.06. The first-order chi connectivity index (χ1) is 11.9. The number of aliphatic hydroxyl groups is 1. The van der Waals surface area contributed by atoms with Crippen molar-refractivity contribution < 1.29 is 19.8 Å². The van der Waals surface area contributed by atoms with Crippen LogP contribution in [-0.4, -0.2) is 28.6 Å². The summed E-state index contributed by atoms with van der Waals surface area (Å²) in [6, 6.07) is 15.8. The Bertz CT molecular complexity index is 710. The second-order valence-corrected chi connectivity index (χ2v) is 6.29. The Kier molecular flexibility index (Phi) is 6.31. The number of carboxylic acids is 1. The Morgan fingerprint density at radius 3 is 2.04 bits per heavy atom. The lowest BCUT2D eigenvalue weighted by atomic mass is 9.93. The minimum Gasteiger partial charge on any atom is -0.481 e. The van der Waals surface area contributed by atoms with E-state index in [-0.39, 0.29) is 12.5 Å². The summed E-state index contributed by atoms with van der Waals surface area (Å²) in [6.07, 6.45) is -1.20. The zero-order valence-corrected chi connectivity index (χ0v) is 14.3. The summed E-state index contributed by atoms with van der Waals surface area (Å²) in [7, 11) is 0. The van der Waals surface area contributed by atoms with Gasteiger partial charge in [0.05, 0.1) is 6.10 Å². The number of carbonyl (C=O) groups excluding carboxylic acids is 1. The maximum Gasteiger partial charge on any atom is 0.311 e. The Morgan fingerprint density at radius 2 is 1.52 bits per heavy atom. The summed E-state index contributed by atoms with van der Waals surface area (Å²) in [4.78, 5) is 23.6. The number of carbonyl (C=O) groups is 2. The maximum absolute atomic E-state index is 12.1. The summed E-state index contributed by atoms with van der Waals surface area (Å²) in [6.45, 7) is 3.96. The molecule has 5 heteroatoms. The molecule has 0 bridgehead atoms. The molecular formula is C20H23NO4. The van der Waals surface area contributed by atoms with Crippen molar-refractivity contribution in [2.24, 2.45) is 5.92 Å². The minimum atomic E-state index is -1.20. The zero-order chi connectivity index (χ0) is 18.4. The van der Waals surface area contributed by atoms with Gasteiger partial charge in [-0.1, -0.05) is 56.3 Å². The van der Waals surface area contributed by atoms with Crippen molar-refractivity contribution in [2.45, 2.75) is 25.9 Å². The number of aliphatic carboxylic acids is 1. The minimum absolute atomic E-state index is 0.157. The van der Waals surface area contributed by atoms with E-state index in [2.05, 4.69) is 19.2 Å². The van der Waals surface area contributed by atoms with Gasteiger partial charge < -0.3 is 15.5 Å². The number of rotatable bonds is 7. The maximum atomic E-state index is 12.1. The molecule has 3 N–H and O–H groups in total. The molecular weight excluding hydrogens is 318 g/mol. The lowest BCUT2D eigenvalue weighted by molar-refractivity contribution is -0.145. The van der Waals surface area contributed by atoms with Crippen molar-refractivity contribution in [1.82, 2.24) is 5.32 Å². The van der Waals surface area contributed by atoms with Gasteiger partial charge in [-0.3, -0.25) is 9.59 Å². The summed E-state index contributed by atoms with van der Waals surface area (Å²) in [5.41, 5.74) is 2.08. The molecule has 25 heavy (non-hydrogen) atoms. The van der Waals surface area contributed by atoms with Crippen LogP contribution in [0.4, 0.5) is 0 Å². The molecule has 0 aliphatic rings. The molecule has 0 spiro atoms. The predicted molar refractivity (Wildman–Crippen MR) is 95.4 cm³/mol. The van der Waals surface area contributed by atoms with E-state index in [0.717, 1.165) is 5.56 Å². The number of amides is 1. The van der Waals surface area contributed by atoms with Gasteiger partial charge in [0.2, 0.25) is 0 Å². The van der Waals surface area contributed by atoms with Crippen molar-refractivity contribution in [2.75, 3.05) is 6.54 Å². The van der Waals surface area contributed by atoms with Crippen LogP contribution < -0.4 is 5.32 Å². The van der Waals surface area contributed by atoms with Crippen LogP contribution in [0.3, 0.4) is 0 Å². The van der Waals surface area contributed by atoms with Crippen molar-refractivity contribution in [1.29, 1.82) is 0 Å². The van der Waals surface area contributed by atoms with Crippen LogP contribution in [0.25, 0.3) is 0 Å². The molecule has 0 aliphatic carbocycles. The van der Waals surface area contributed by atoms with E-state index in [9.17, 15) is 19.8 Å². The van der Waals surface area contributed by atoms with Gasteiger partial charge in [-0.15, -0.1) is 0 Å². The molecule has 0 saturated heterocycles. The predicted octanol–water partition coefficient (Wildman–Crippen LogP) is 2.97. The van der Waals surface area contributed by atoms with E-state index in [1.165, 1.54) is 0 Å². The van der Waals surface area contributed by atoms with E-state index in [1.54, 1.807) is 42.5 Å². The van der Waals surface area contributed by atoms with Crippen LogP contribution in [0.2, 0.25) is 0 Å². The third kappa shape index (κ3) is 4.90. The van der Waals surface area contributed by atoms with E-state index < -0.39 is 18.0 Å². The molecule has 0 heterocycles. The van der Waals surface area contributed by atoms with Gasteiger partial charge >= 0.3 is 5.97 Å². The van der Waals surface area contributed by atoms with Gasteiger partial charge in [0.25, 0.3) is 5.91 Å². The van der Waals surface area contributed by atoms with Crippen molar-refractivity contribution in [3.63, 3.8) is 0 Å². The van der Waals surface area contributed by atoms with Crippen LogP contribution in [0, 0.1) is 5.92 Å². The largest absolute Gasteiger partial charge is 0.481 e. The highest BCUT2D eigenvalue weighted by molar-refractivity contribution is 5.94. The average Bonchev–Trinajstić information content (AvgIpc) is 2.62. The molecule has 2 rings (SSSR count). The highest BCUT2D eigenvalue weighted by atomic mass is 16.4. The first-order valence-corrected chi connectivity index (χ1v) is 8.24. The molecule has 2 atom stereocenters. The van der Waals surface area contributed by atoms with Gasteiger partial charge in [0, 0.05) is 12.1 Å². The Morgan fingerprint density at radius 1 is 0.960 bits per heavy atom. The molecule has 1 amide bonds.